The highest BCUT2D eigenvalue weighted by molar-refractivity contribution is 6.15. The Morgan fingerprint density at radius 2 is 1.21 bits per heavy atom. The van der Waals surface area contributed by atoms with Crippen LogP contribution in [-0.4, -0.2) is 21.1 Å². The van der Waals surface area contributed by atoms with Gasteiger partial charge in [0.1, 0.15) is 23.0 Å². The van der Waals surface area contributed by atoms with Crippen LogP contribution < -0.4 is 4.74 Å². The molecule has 0 bridgehead atoms. The monoisotopic (exact) mass is 617 g/mol. The van der Waals surface area contributed by atoms with Crippen molar-refractivity contribution in [3.05, 3.63) is 157 Å². The van der Waals surface area contributed by atoms with Gasteiger partial charge in [0.15, 0.2) is 17.5 Å². The van der Waals surface area contributed by atoms with Crippen molar-refractivity contribution in [3.63, 3.8) is 0 Å². The van der Waals surface area contributed by atoms with Crippen molar-refractivity contribution >= 4 is 32.7 Å². The maximum absolute atomic E-state index is 6.62. The van der Waals surface area contributed by atoms with Gasteiger partial charge in [0.2, 0.25) is 0 Å². The molecular weight excluding hydrogens is 590 g/mol. The Morgan fingerprint density at radius 1 is 0.521 bits per heavy atom. The molecule has 0 radical (unpaired) electrons. The SMILES string of the molecule is C1=CC2Oc3ccc(-c4ccc5c(c4)oc4c6ccccc6ccc54)c(-c4nc(-c5ccccc5)nc(-c5ccccc5)n4)c3C2C=C1. The first-order valence-electron chi connectivity index (χ1n) is 16.2. The first-order chi connectivity index (χ1) is 23.8. The lowest BCUT2D eigenvalue weighted by Gasteiger charge is -2.18. The first kappa shape index (κ1) is 26.8. The highest BCUT2D eigenvalue weighted by Gasteiger charge is 2.37. The summed E-state index contributed by atoms with van der Waals surface area (Å²) >= 11 is 0. The number of ether oxygens (including phenoxy) is 1. The number of fused-ring (bicyclic) bond motifs is 8. The van der Waals surface area contributed by atoms with Gasteiger partial charge in [0.05, 0.1) is 0 Å². The normalized spacial score (nSPS) is 16.3. The van der Waals surface area contributed by atoms with Crippen LogP contribution in [0.1, 0.15) is 11.5 Å². The second kappa shape index (κ2) is 10.6. The third-order valence-corrected chi connectivity index (χ3v) is 9.48. The summed E-state index contributed by atoms with van der Waals surface area (Å²) in [7, 11) is 0. The molecule has 0 saturated heterocycles. The summed E-state index contributed by atoms with van der Waals surface area (Å²) in [6, 6.07) is 43.6. The van der Waals surface area contributed by atoms with Crippen LogP contribution in [0.2, 0.25) is 0 Å². The molecule has 3 heterocycles. The van der Waals surface area contributed by atoms with Crippen LogP contribution in [0.3, 0.4) is 0 Å². The molecule has 0 saturated carbocycles. The molecule has 6 aromatic carbocycles. The second-order valence-electron chi connectivity index (χ2n) is 12.3. The van der Waals surface area contributed by atoms with Crippen LogP contribution in [0.15, 0.2) is 156 Å². The fourth-order valence-corrected chi connectivity index (χ4v) is 7.21. The number of rotatable bonds is 4. The molecule has 0 spiro atoms. The van der Waals surface area contributed by atoms with Gasteiger partial charge in [0.25, 0.3) is 0 Å². The highest BCUT2D eigenvalue weighted by Crippen LogP contribution is 2.50. The summed E-state index contributed by atoms with van der Waals surface area (Å²) in [4.78, 5) is 15.4. The van der Waals surface area contributed by atoms with E-state index in [2.05, 4.69) is 91.0 Å². The molecule has 0 N–H and O–H groups in total. The van der Waals surface area contributed by atoms with E-state index in [0.717, 1.165) is 71.8 Å². The summed E-state index contributed by atoms with van der Waals surface area (Å²) in [6.07, 6.45) is 8.40. The molecule has 226 valence electrons. The zero-order valence-corrected chi connectivity index (χ0v) is 25.7. The van der Waals surface area contributed by atoms with E-state index in [0.29, 0.717) is 17.5 Å². The summed E-state index contributed by atoms with van der Waals surface area (Å²) in [5, 5.41) is 4.46. The van der Waals surface area contributed by atoms with Crippen molar-refractivity contribution in [1.29, 1.82) is 0 Å². The lowest BCUT2D eigenvalue weighted by Crippen LogP contribution is -2.16. The Labute approximate surface area is 276 Å². The van der Waals surface area contributed by atoms with E-state index in [4.69, 9.17) is 24.1 Å². The van der Waals surface area contributed by atoms with Crippen molar-refractivity contribution in [3.8, 4) is 51.0 Å². The van der Waals surface area contributed by atoms with Gasteiger partial charge in [-0.25, -0.2) is 15.0 Å². The van der Waals surface area contributed by atoms with Crippen LogP contribution in [0, 0.1) is 0 Å². The molecule has 0 amide bonds. The van der Waals surface area contributed by atoms with Gasteiger partial charge in [-0.2, -0.15) is 0 Å². The van der Waals surface area contributed by atoms with E-state index in [1.807, 2.05) is 60.7 Å². The molecule has 2 atom stereocenters. The maximum Gasteiger partial charge on any atom is 0.165 e. The van der Waals surface area contributed by atoms with Gasteiger partial charge in [-0.1, -0.05) is 115 Å². The van der Waals surface area contributed by atoms with E-state index in [1.165, 1.54) is 0 Å². The molecule has 8 aromatic rings. The molecule has 1 aliphatic heterocycles. The van der Waals surface area contributed by atoms with Gasteiger partial charge in [-0.3, -0.25) is 0 Å². The topological polar surface area (TPSA) is 61.0 Å². The van der Waals surface area contributed by atoms with E-state index in [-0.39, 0.29) is 12.0 Å². The predicted octanol–water partition coefficient (Wildman–Crippen LogP) is 10.6. The molecular formula is C43H27N3O2. The Kier molecular flexibility index (Phi) is 5.93. The van der Waals surface area contributed by atoms with Crippen molar-refractivity contribution in [2.75, 3.05) is 0 Å². The van der Waals surface area contributed by atoms with Gasteiger partial charge < -0.3 is 9.15 Å². The van der Waals surface area contributed by atoms with Crippen molar-refractivity contribution in [2.24, 2.45) is 0 Å². The number of nitrogens with zero attached hydrogens (tertiary/aromatic N) is 3. The predicted molar refractivity (Wildman–Crippen MR) is 192 cm³/mol. The number of benzene rings is 6. The van der Waals surface area contributed by atoms with Crippen LogP contribution in [0.5, 0.6) is 5.75 Å². The highest BCUT2D eigenvalue weighted by atomic mass is 16.5. The summed E-state index contributed by atoms with van der Waals surface area (Å²) in [5.74, 6) is 2.73. The minimum Gasteiger partial charge on any atom is -0.485 e. The quantitative estimate of drug-likeness (QED) is 0.197. The zero-order chi connectivity index (χ0) is 31.6. The number of furan rings is 1. The molecule has 48 heavy (non-hydrogen) atoms. The maximum atomic E-state index is 6.62. The van der Waals surface area contributed by atoms with Crippen molar-refractivity contribution in [1.82, 2.24) is 15.0 Å². The van der Waals surface area contributed by atoms with Crippen molar-refractivity contribution < 1.29 is 9.15 Å². The van der Waals surface area contributed by atoms with Crippen LogP contribution >= 0.6 is 0 Å². The lowest BCUT2D eigenvalue weighted by atomic mass is 9.85. The van der Waals surface area contributed by atoms with E-state index < -0.39 is 0 Å². The third-order valence-electron chi connectivity index (χ3n) is 9.48. The Bertz CT molecular complexity index is 2550. The van der Waals surface area contributed by atoms with Gasteiger partial charge in [-0.05, 0) is 52.9 Å². The summed E-state index contributed by atoms with van der Waals surface area (Å²) in [6.45, 7) is 0. The van der Waals surface area contributed by atoms with Gasteiger partial charge >= 0.3 is 0 Å². The Morgan fingerprint density at radius 3 is 2.00 bits per heavy atom. The Balaban J connectivity index is 1.24. The molecule has 1 aliphatic carbocycles. The average molecular weight is 618 g/mol. The van der Waals surface area contributed by atoms with Crippen LogP contribution in [0.25, 0.3) is 78.0 Å². The largest absolute Gasteiger partial charge is 0.485 e. The smallest absolute Gasteiger partial charge is 0.165 e. The summed E-state index contributed by atoms with van der Waals surface area (Å²) < 4.78 is 13.1. The number of allylic oxidation sites excluding steroid dienone is 2. The average Bonchev–Trinajstić information content (AvgIpc) is 3.73. The number of hydrogen-bond donors (Lipinski definition) is 0. The van der Waals surface area contributed by atoms with E-state index in [9.17, 15) is 0 Å². The van der Waals surface area contributed by atoms with Crippen LogP contribution in [0.4, 0.5) is 0 Å². The minimum absolute atomic E-state index is 0.0263. The molecule has 5 nitrogen and oxygen atoms in total. The molecule has 0 fully saturated rings. The minimum atomic E-state index is -0.0887. The standard InChI is InChI=1S/C43H27N3O2/c1-3-12-27(13-4-1)41-44-42(28-14-5-2-6-15-28)46-43(45-41)39-30(23-24-36-38(39)34-17-9-10-18-35(34)47-36)29-20-21-32-33-22-19-26-11-7-8-16-31(26)40(33)48-37(32)25-29/h1-25,34-35H. The first-order valence-corrected chi connectivity index (χ1v) is 16.2. The third kappa shape index (κ3) is 4.21. The molecule has 2 aliphatic rings. The molecule has 2 unspecified atom stereocenters. The van der Waals surface area contributed by atoms with E-state index in [1.54, 1.807) is 0 Å². The summed E-state index contributed by atoms with van der Waals surface area (Å²) in [5.41, 5.74) is 7.65. The fourth-order valence-electron chi connectivity index (χ4n) is 7.21. The van der Waals surface area contributed by atoms with Crippen LogP contribution in [-0.2, 0) is 0 Å². The molecule has 2 aromatic heterocycles. The Hall–Kier alpha value is -6.33. The number of hydrogen-bond acceptors (Lipinski definition) is 5. The van der Waals surface area contributed by atoms with Crippen molar-refractivity contribution in [2.45, 2.75) is 12.0 Å². The van der Waals surface area contributed by atoms with E-state index >= 15 is 0 Å². The zero-order valence-electron chi connectivity index (χ0n) is 25.7. The lowest BCUT2D eigenvalue weighted by molar-refractivity contribution is 0.269. The number of aromatic nitrogens is 3. The fraction of sp³-hybridized carbons (Fsp3) is 0.0465. The molecule has 10 rings (SSSR count). The second-order valence-corrected chi connectivity index (χ2v) is 12.3. The van der Waals surface area contributed by atoms with Gasteiger partial charge in [-0.15, -0.1) is 0 Å². The van der Waals surface area contributed by atoms with Gasteiger partial charge in [0, 0.05) is 44.3 Å². The molecule has 5 heteroatoms.